The number of hydrogen-bond donors (Lipinski definition) is 0. The van der Waals surface area contributed by atoms with E-state index in [1.807, 2.05) is 44.4 Å². The van der Waals surface area contributed by atoms with Crippen molar-refractivity contribution in [3.8, 4) is 0 Å². The zero-order chi connectivity index (χ0) is 19.0. The number of benzene rings is 1. The van der Waals surface area contributed by atoms with Gasteiger partial charge in [0, 0.05) is 24.4 Å². The van der Waals surface area contributed by atoms with Crippen LogP contribution in [-0.4, -0.2) is 34.9 Å². The van der Waals surface area contributed by atoms with Crippen molar-refractivity contribution in [1.29, 1.82) is 0 Å². The molecule has 1 amide bonds. The predicted octanol–water partition coefficient (Wildman–Crippen LogP) is 4.74. The Morgan fingerprint density at radius 1 is 1.26 bits per heavy atom. The number of thiophene rings is 1. The second-order valence-electron chi connectivity index (χ2n) is 7.35. The van der Waals surface area contributed by atoms with E-state index in [2.05, 4.69) is 16.9 Å². The topological polar surface area (TPSA) is 46.1 Å². The van der Waals surface area contributed by atoms with Crippen molar-refractivity contribution in [2.45, 2.75) is 36.5 Å². The van der Waals surface area contributed by atoms with E-state index in [0.29, 0.717) is 0 Å². The van der Waals surface area contributed by atoms with Gasteiger partial charge >= 0.3 is 0 Å². The van der Waals surface area contributed by atoms with Crippen LogP contribution in [0.1, 0.15) is 34.6 Å². The smallest absolute Gasteiger partial charge is 0.240 e. The van der Waals surface area contributed by atoms with Gasteiger partial charge in [0.25, 0.3) is 0 Å². The lowest BCUT2D eigenvalue weighted by Gasteiger charge is -2.21. The molecule has 0 bridgehead atoms. The summed E-state index contributed by atoms with van der Waals surface area (Å²) in [6, 6.07) is 9.97. The van der Waals surface area contributed by atoms with Gasteiger partial charge in [-0.05, 0) is 36.3 Å². The summed E-state index contributed by atoms with van der Waals surface area (Å²) in [6.45, 7) is 2.32. The molecule has 0 N–H and O–H groups in total. The van der Waals surface area contributed by atoms with Crippen molar-refractivity contribution >= 4 is 39.2 Å². The van der Waals surface area contributed by atoms with Gasteiger partial charge in [0.2, 0.25) is 5.91 Å². The molecule has 27 heavy (non-hydrogen) atoms. The van der Waals surface area contributed by atoms with E-state index in [9.17, 15) is 4.79 Å². The lowest BCUT2D eigenvalue weighted by Crippen LogP contribution is -2.26. The first-order chi connectivity index (χ1) is 13.0. The van der Waals surface area contributed by atoms with Crippen LogP contribution in [0.25, 0.3) is 10.2 Å². The van der Waals surface area contributed by atoms with Crippen molar-refractivity contribution in [3.05, 3.63) is 52.7 Å². The molecule has 2 heterocycles. The molecule has 6 heteroatoms. The second-order valence-corrected chi connectivity index (χ2v) is 9.53. The Bertz CT molecular complexity index is 968. The normalized spacial score (nSPS) is 17.5. The highest BCUT2D eigenvalue weighted by Crippen LogP contribution is 2.44. The fourth-order valence-electron chi connectivity index (χ4n) is 3.57. The van der Waals surface area contributed by atoms with Crippen LogP contribution in [0.2, 0.25) is 0 Å². The highest BCUT2D eigenvalue weighted by atomic mass is 32.2. The van der Waals surface area contributed by atoms with Gasteiger partial charge in [-0.2, -0.15) is 0 Å². The molecule has 3 aromatic rings. The van der Waals surface area contributed by atoms with Crippen LogP contribution in [0.15, 0.2) is 41.7 Å². The van der Waals surface area contributed by atoms with E-state index in [1.54, 1.807) is 34.3 Å². The number of carbonyl (C=O) groups is 1. The van der Waals surface area contributed by atoms with E-state index in [-0.39, 0.29) is 11.2 Å². The number of nitrogens with zero attached hydrogens (tertiary/aromatic N) is 3. The van der Waals surface area contributed by atoms with E-state index < -0.39 is 0 Å². The summed E-state index contributed by atoms with van der Waals surface area (Å²) in [5, 5.41) is 1.79. The molecule has 1 aromatic carbocycles. The summed E-state index contributed by atoms with van der Waals surface area (Å²) in [7, 11) is 3.62. The third kappa shape index (κ3) is 3.60. The zero-order valence-electron chi connectivity index (χ0n) is 15.8. The van der Waals surface area contributed by atoms with Crippen LogP contribution >= 0.6 is 23.1 Å². The summed E-state index contributed by atoms with van der Waals surface area (Å²) >= 11 is 3.35. The molecule has 4 nitrogen and oxygen atoms in total. The average Bonchev–Trinajstić information content (AvgIpc) is 3.04. The summed E-state index contributed by atoms with van der Waals surface area (Å²) in [5.74, 6) is 0.803. The Morgan fingerprint density at radius 3 is 2.78 bits per heavy atom. The Balaban J connectivity index is 1.78. The molecular weight excluding hydrogens is 374 g/mol. The molecule has 0 spiro atoms. The van der Waals surface area contributed by atoms with Crippen molar-refractivity contribution in [2.75, 3.05) is 14.1 Å². The van der Waals surface area contributed by atoms with E-state index in [0.717, 1.165) is 34.2 Å². The molecule has 2 aromatic heterocycles. The first-order valence-electron chi connectivity index (χ1n) is 9.22. The van der Waals surface area contributed by atoms with Gasteiger partial charge in [-0.3, -0.25) is 4.79 Å². The quantitative estimate of drug-likeness (QED) is 0.471. The summed E-state index contributed by atoms with van der Waals surface area (Å²) < 4.78 is 0. The van der Waals surface area contributed by atoms with Gasteiger partial charge in [-0.1, -0.05) is 49.0 Å². The minimum Gasteiger partial charge on any atom is -0.348 e. The van der Waals surface area contributed by atoms with E-state index >= 15 is 0 Å². The van der Waals surface area contributed by atoms with Gasteiger partial charge in [-0.15, -0.1) is 11.3 Å². The SMILES string of the molecule is C[C@H]1CCc2c(sc3ncnc(S[C@@H](C(=O)N(C)C)c4ccccc4)c23)C1. The number of rotatable bonds is 4. The Morgan fingerprint density at radius 2 is 2.04 bits per heavy atom. The van der Waals surface area contributed by atoms with Gasteiger partial charge < -0.3 is 4.90 Å². The number of hydrogen-bond acceptors (Lipinski definition) is 5. The molecule has 2 atom stereocenters. The minimum absolute atomic E-state index is 0.0793. The number of likely N-dealkylation sites (N-methyl/N-ethyl adjacent to an activating group) is 1. The largest absolute Gasteiger partial charge is 0.348 e. The first kappa shape index (κ1) is 18.4. The first-order valence-corrected chi connectivity index (χ1v) is 10.9. The zero-order valence-corrected chi connectivity index (χ0v) is 17.4. The van der Waals surface area contributed by atoms with Gasteiger partial charge in [-0.25, -0.2) is 9.97 Å². The second kappa shape index (κ2) is 7.60. The maximum Gasteiger partial charge on any atom is 0.240 e. The average molecular weight is 398 g/mol. The van der Waals surface area contributed by atoms with Crippen LogP contribution in [-0.2, 0) is 17.6 Å². The van der Waals surface area contributed by atoms with E-state index in [4.69, 9.17) is 0 Å². The lowest BCUT2D eigenvalue weighted by molar-refractivity contribution is -0.128. The Labute approximate surface area is 168 Å². The third-order valence-electron chi connectivity index (χ3n) is 5.05. The van der Waals surface area contributed by atoms with Crippen LogP contribution in [0.3, 0.4) is 0 Å². The van der Waals surface area contributed by atoms with Crippen LogP contribution < -0.4 is 0 Å². The van der Waals surface area contributed by atoms with Crippen molar-refractivity contribution in [3.63, 3.8) is 0 Å². The predicted molar refractivity (Wildman–Crippen MR) is 112 cm³/mol. The number of thioether (sulfide) groups is 1. The summed E-state index contributed by atoms with van der Waals surface area (Å²) in [4.78, 5) is 26.2. The molecule has 0 saturated carbocycles. The number of aromatic nitrogens is 2. The molecule has 4 rings (SSSR count). The molecule has 0 aliphatic heterocycles. The molecule has 1 aliphatic carbocycles. The van der Waals surface area contributed by atoms with Crippen molar-refractivity contribution in [2.24, 2.45) is 5.92 Å². The summed E-state index contributed by atoms with van der Waals surface area (Å²) in [6.07, 6.45) is 5.04. The maximum atomic E-state index is 12.9. The third-order valence-corrected chi connectivity index (χ3v) is 7.46. The van der Waals surface area contributed by atoms with Crippen LogP contribution in [0, 0.1) is 5.92 Å². The monoisotopic (exact) mass is 397 g/mol. The Hall–Kier alpha value is -1.92. The molecule has 0 radical (unpaired) electrons. The molecule has 0 saturated heterocycles. The number of amides is 1. The van der Waals surface area contributed by atoms with Crippen molar-refractivity contribution < 1.29 is 4.79 Å². The van der Waals surface area contributed by atoms with Crippen LogP contribution in [0.5, 0.6) is 0 Å². The lowest BCUT2D eigenvalue weighted by atomic mass is 9.89. The van der Waals surface area contributed by atoms with Gasteiger partial charge in [0.05, 0.1) is 0 Å². The highest BCUT2D eigenvalue weighted by Gasteiger charge is 2.28. The number of fused-ring (bicyclic) bond motifs is 3. The molecule has 0 fully saturated rings. The minimum atomic E-state index is -0.308. The highest BCUT2D eigenvalue weighted by molar-refractivity contribution is 8.00. The maximum absolute atomic E-state index is 12.9. The summed E-state index contributed by atoms with van der Waals surface area (Å²) in [5.41, 5.74) is 2.41. The molecule has 0 unspecified atom stereocenters. The molecular formula is C21H23N3OS2. The standard InChI is InChI=1S/C21H23N3OS2/c1-13-9-10-15-16(11-13)26-19-17(15)20(23-12-22-19)27-18(21(25)24(2)3)14-7-5-4-6-8-14/h4-8,12-13,18H,9-11H2,1-3H3/t13-,18+/m0/s1. The van der Waals surface area contributed by atoms with Crippen LogP contribution in [0.4, 0.5) is 0 Å². The van der Waals surface area contributed by atoms with Gasteiger partial charge in [0.15, 0.2) is 0 Å². The fourth-order valence-corrected chi connectivity index (χ4v) is 6.26. The van der Waals surface area contributed by atoms with Gasteiger partial charge in [0.1, 0.15) is 21.4 Å². The fraction of sp³-hybridized carbons (Fsp3) is 0.381. The Kier molecular flexibility index (Phi) is 5.19. The molecule has 1 aliphatic rings. The van der Waals surface area contributed by atoms with E-state index in [1.165, 1.54) is 22.2 Å². The number of aryl methyl sites for hydroxylation is 1. The number of carbonyl (C=O) groups excluding carboxylic acids is 1. The van der Waals surface area contributed by atoms with Crippen molar-refractivity contribution in [1.82, 2.24) is 14.9 Å². The molecule has 140 valence electrons.